The van der Waals surface area contributed by atoms with Crippen molar-refractivity contribution >= 4 is 17.3 Å². The van der Waals surface area contributed by atoms with Gasteiger partial charge in [0.15, 0.2) is 0 Å². The van der Waals surface area contributed by atoms with Crippen LogP contribution in [0.5, 0.6) is 28.7 Å². The summed E-state index contributed by atoms with van der Waals surface area (Å²) in [5.41, 5.74) is 9.75. The van der Waals surface area contributed by atoms with Crippen molar-refractivity contribution in [2.75, 3.05) is 11.1 Å². The molecule has 0 saturated heterocycles. The number of nitrogen functional groups attached to an aromatic ring is 1. The minimum atomic E-state index is -4.91. The van der Waals surface area contributed by atoms with Gasteiger partial charge in [-0.05, 0) is 48.5 Å². The van der Waals surface area contributed by atoms with Gasteiger partial charge in [-0.2, -0.15) is 10.2 Å². The predicted octanol–water partition coefficient (Wildman–Crippen LogP) is 8.28. The quantitative estimate of drug-likeness (QED) is 0.141. The number of para-hydroxylation sites is 1. The molecule has 15 heteroatoms. The number of carbonyl (C=O) groups excluding carboxylic acids is 1. The van der Waals surface area contributed by atoms with Crippen molar-refractivity contribution in [3.05, 3.63) is 140 Å². The molecule has 3 aromatic carbocycles. The summed E-state index contributed by atoms with van der Waals surface area (Å²) < 4.78 is 56.9. The van der Waals surface area contributed by atoms with E-state index in [0.29, 0.717) is 40.1 Å². The van der Waals surface area contributed by atoms with Gasteiger partial charge in [-0.1, -0.05) is 24.3 Å². The lowest BCUT2D eigenvalue weighted by atomic mass is 10.2. The van der Waals surface area contributed by atoms with Gasteiger partial charge in [-0.3, -0.25) is 24.1 Å². The van der Waals surface area contributed by atoms with Crippen LogP contribution in [-0.4, -0.2) is 41.8 Å². The lowest BCUT2D eigenvalue weighted by molar-refractivity contribution is -0.274. The summed E-state index contributed by atoms with van der Waals surface area (Å²) in [6.07, 6.45) is 5.58. The Labute approximate surface area is 301 Å². The van der Waals surface area contributed by atoms with Gasteiger partial charge >= 0.3 is 6.36 Å². The lowest BCUT2D eigenvalue weighted by Gasteiger charge is -2.13. The highest BCUT2D eigenvalue weighted by Gasteiger charge is 2.32. The maximum atomic E-state index is 12.6. The van der Waals surface area contributed by atoms with Crippen LogP contribution in [0.15, 0.2) is 134 Å². The number of ether oxygens (including phenoxy) is 3. The Morgan fingerprint density at radius 2 is 1.25 bits per heavy atom. The number of amides is 1. The SMILES string of the molecule is Cn1cc(-c2cc(Oc3cccc(N)c3)ccn2)cn1.Cn1cc(-c2cc(Oc3cccc(NC(=O)c4ccccc4OC(F)(F)F)c3)ccn2)cn1. The second-order valence-electron chi connectivity index (χ2n) is 11.4. The molecule has 4 aromatic heterocycles. The molecule has 12 nitrogen and oxygen atoms in total. The fourth-order valence-electron chi connectivity index (χ4n) is 4.93. The number of alkyl halides is 3. The molecule has 0 bridgehead atoms. The molecule has 0 spiro atoms. The molecule has 0 aliphatic heterocycles. The minimum absolute atomic E-state index is 0.253. The molecule has 53 heavy (non-hydrogen) atoms. The number of hydrogen-bond acceptors (Lipinski definition) is 9. The van der Waals surface area contributed by atoms with Crippen molar-refractivity contribution in [3.8, 4) is 51.3 Å². The highest BCUT2D eigenvalue weighted by molar-refractivity contribution is 6.06. The summed E-state index contributed by atoms with van der Waals surface area (Å²) in [7, 11) is 3.67. The Bertz CT molecular complexity index is 2340. The third-order valence-corrected chi connectivity index (χ3v) is 7.24. The second-order valence-corrected chi connectivity index (χ2v) is 11.4. The van der Waals surface area contributed by atoms with E-state index < -0.39 is 18.0 Å². The lowest BCUT2D eigenvalue weighted by Crippen LogP contribution is -2.20. The fourth-order valence-corrected chi connectivity index (χ4v) is 4.93. The van der Waals surface area contributed by atoms with E-state index in [-0.39, 0.29) is 5.56 Å². The normalized spacial score (nSPS) is 10.9. The van der Waals surface area contributed by atoms with Gasteiger partial charge in [-0.15, -0.1) is 13.2 Å². The summed E-state index contributed by atoms with van der Waals surface area (Å²) in [6.45, 7) is 0. The van der Waals surface area contributed by atoms with E-state index in [0.717, 1.165) is 22.9 Å². The summed E-state index contributed by atoms with van der Waals surface area (Å²) in [4.78, 5) is 21.2. The molecular weight excluding hydrogens is 689 g/mol. The van der Waals surface area contributed by atoms with Crippen LogP contribution in [-0.2, 0) is 14.1 Å². The van der Waals surface area contributed by atoms with Crippen molar-refractivity contribution in [1.29, 1.82) is 0 Å². The highest BCUT2D eigenvalue weighted by Crippen LogP contribution is 2.30. The predicted molar refractivity (Wildman–Crippen MR) is 191 cm³/mol. The van der Waals surface area contributed by atoms with Crippen LogP contribution in [0.4, 0.5) is 24.5 Å². The van der Waals surface area contributed by atoms with Crippen LogP contribution in [0.2, 0.25) is 0 Å². The minimum Gasteiger partial charge on any atom is -0.457 e. The van der Waals surface area contributed by atoms with Gasteiger partial charge in [0, 0.05) is 85.6 Å². The molecule has 0 unspecified atom stereocenters. The fraction of sp³-hybridized carbons (Fsp3) is 0.0789. The van der Waals surface area contributed by atoms with E-state index in [1.165, 1.54) is 18.2 Å². The molecule has 0 atom stereocenters. The second kappa shape index (κ2) is 15.8. The first-order valence-corrected chi connectivity index (χ1v) is 15.8. The van der Waals surface area contributed by atoms with Gasteiger partial charge in [0.25, 0.3) is 5.91 Å². The van der Waals surface area contributed by atoms with Crippen LogP contribution < -0.4 is 25.3 Å². The summed E-state index contributed by atoms with van der Waals surface area (Å²) >= 11 is 0. The molecule has 7 aromatic rings. The Hall–Kier alpha value is -7.16. The van der Waals surface area contributed by atoms with Crippen LogP contribution in [0.1, 0.15) is 10.4 Å². The zero-order chi connectivity index (χ0) is 37.4. The first kappa shape index (κ1) is 35.7. The number of benzene rings is 3. The van der Waals surface area contributed by atoms with Gasteiger partial charge in [0.2, 0.25) is 0 Å². The topological polar surface area (TPSA) is 144 Å². The van der Waals surface area contributed by atoms with E-state index in [2.05, 4.69) is 30.2 Å². The summed E-state index contributed by atoms with van der Waals surface area (Å²) in [5, 5.41) is 10.8. The molecule has 268 valence electrons. The van der Waals surface area contributed by atoms with E-state index in [1.807, 2.05) is 49.8 Å². The number of hydrogen-bond donors (Lipinski definition) is 2. The van der Waals surface area contributed by atoms with Crippen molar-refractivity contribution in [1.82, 2.24) is 29.5 Å². The smallest absolute Gasteiger partial charge is 0.457 e. The third kappa shape index (κ3) is 9.97. The van der Waals surface area contributed by atoms with E-state index in [4.69, 9.17) is 15.2 Å². The standard InChI is InChI=1S/C23H17F3N4O3.C15H14N4O/c1-30-14-15(13-28-30)20-12-18(9-10-27-20)32-17-6-4-5-16(11-17)29-22(31)19-7-2-3-8-21(19)33-23(24,25)26;1-19-10-11(9-18-19)15-8-14(5-6-17-15)20-13-4-2-3-12(16)7-13/h2-14H,1H3,(H,29,31);2-10H,16H2,1H3. The number of aromatic nitrogens is 6. The first-order chi connectivity index (χ1) is 25.5. The molecule has 0 radical (unpaired) electrons. The maximum absolute atomic E-state index is 12.6. The number of anilines is 2. The van der Waals surface area contributed by atoms with Crippen molar-refractivity contribution in [2.45, 2.75) is 6.36 Å². The van der Waals surface area contributed by atoms with Gasteiger partial charge in [0.05, 0.1) is 29.3 Å². The van der Waals surface area contributed by atoms with Gasteiger partial charge < -0.3 is 25.3 Å². The van der Waals surface area contributed by atoms with Crippen LogP contribution in [0.3, 0.4) is 0 Å². The number of halogens is 3. The van der Waals surface area contributed by atoms with Gasteiger partial charge in [-0.25, -0.2) is 0 Å². The van der Waals surface area contributed by atoms with Gasteiger partial charge in [0.1, 0.15) is 28.7 Å². The van der Waals surface area contributed by atoms with Crippen molar-refractivity contribution in [3.63, 3.8) is 0 Å². The number of rotatable bonds is 9. The number of nitrogens with zero attached hydrogens (tertiary/aromatic N) is 6. The largest absolute Gasteiger partial charge is 0.573 e. The van der Waals surface area contributed by atoms with E-state index in [9.17, 15) is 18.0 Å². The molecule has 4 heterocycles. The Balaban J connectivity index is 0.000000204. The van der Waals surface area contributed by atoms with Crippen molar-refractivity contribution in [2.24, 2.45) is 14.1 Å². The molecule has 1 amide bonds. The monoisotopic (exact) mass is 720 g/mol. The summed E-state index contributed by atoms with van der Waals surface area (Å²) in [5.74, 6) is 0.995. The molecule has 7 rings (SSSR count). The van der Waals surface area contributed by atoms with Crippen LogP contribution >= 0.6 is 0 Å². The number of nitrogens with two attached hydrogens (primary N) is 1. The third-order valence-electron chi connectivity index (χ3n) is 7.24. The molecule has 3 N–H and O–H groups in total. The maximum Gasteiger partial charge on any atom is 0.573 e. The van der Waals surface area contributed by atoms with E-state index in [1.54, 1.807) is 83.7 Å². The number of pyridine rings is 2. The summed E-state index contributed by atoms with van der Waals surface area (Å²) in [6, 6.07) is 26.0. The molecule has 0 saturated carbocycles. The molecule has 0 aliphatic rings. The van der Waals surface area contributed by atoms with Crippen LogP contribution in [0, 0.1) is 0 Å². The zero-order valence-electron chi connectivity index (χ0n) is 28.2. The first-order valence-electron chi connectivity index (χ1n) is 15.8. The van der Waals surface area contributed by atoms with Crippen LogP contribution in [0.25, 0.3) is 22.5 Å². The number of carbonyl (C=O) groups is 1. The zero-order valence-corrected chi connectivity index (χ0v) is 28.2. The Morgan fingerprint density at radius 3 is 1.79 bits per heavy atom. The number of nitrogens with one attached hydrogen (secondary N) is 1. The molecule has 0 fully saturated rings. The average molecular weight is 721 g/mol. The average Bonchev–Trinajstić information content (AvgIpc) is 3.77. The highest BCUT2D eigenvalue weighted by atomic mass is 19.4. The Morgan fingerprint density at radius 1 is 0.698 bits per heavy atom. The molecular formula is C38H31F3N8O4. The molecule has 0 aliphatic carbocycles. The van der Waals surface area contributed by atoms with Crippen molar-refractivity contribution < 1.29 is 32.2 Å². The van der Waals surface area contributed by atoms with E-state index >= 15 is 0 Å². The Kier molecular flexibility index (Phi) is 10.6. The number of aryl methyl sites for hydroxylation is 2.